The molecule has 2 heterocycles. The largest absolute Gasteiger partial charge is 0.308 e. The van der Waals surface area contributed by atoms with Crippen molar-refractivity contribution in [2.75, 3.05) is 6.54 Å². The van der Waals surface area contributed by atoms with Crippen molar-refractivity contribution >= 4 is 11.3 Å². The molecule has 1 nitrogen and oxygen atoms in total. The number of nitrogens with one attached hydrogen (secondary N) is 1. The van der Waals surface area contributed by atoms with Crippen LogP contribution in [0.3, 0.4) is 0 Å². The number of hydrogen-bond donors (Lipinski definition) is 1. The Bertz CT molecular complexity index is 295. The van der Waals surface area contributed by atoms with Gasteiger partial charge in [-0.3, -0.25) is 0 Å². The van der Waals surface area contributed by atoms with E-state index in [0.29, 0.717) is 11.5 Å². The fourth-order valence-electron chi connectivity index (χ4n) is 1.95. The van der Waals surface area contributed by atoms with Crippen molar-refractivity contribution in [1.29, 1.82) is 0 Å². The summed E-state index contributed by atoms with van der Waals surface area (Å²) in [5, 5.41) is 5.83. The van der Waals surface area contributed by atoms with Gasteiger partial charge in [-0.2, -0.15) is 0 Å². The Morgan fingerprint density at radius 3 is 2.92 bits per heavy atom. The molecule has 0 aliphatic carbocycles. The van der Waals surface area contributed by atoms with E-state index in [1.54, 1.807) is 10.4 Å². The Hall–Kier alpha value is -0.340. The molecule has 2 heteroatoms. The van der Waals surface area contributed by atoms with Gasteiger partial charge in [-0.15, -0.1) is 11.3 Å². The van der Waals surface area contributed by atoms with Gasteiger partial charge in [-0.05, 0) is 35.4 Å². The van der Waals surface area contributed by atoms with E-state index in [9.17, 15) is 0 Å². The van der Waals surface area contributed by atoms with Gasteiger partial charge in [0.05, 0.1) is 0 Å². The SMILES string of the molecule is CC(C)(C)C1NCCc2ccsc21. The molecule has 1 aromatic rings. The molecule has 0 saturated heterocycles. The van der Waals surface area contributed by atoms with Gasteiger partial charge in [0.1, 0.15) is 0 Å². The Morgan fingerprint density at radius 2 is 2.23 bits per heavy atom. The maximum Gasteiger partial charge on any atom is 0.0466 e. The van der Waals surface area contributed by atoms with E-state index in [1.165, 1.54) is 6.42 Å². The van der Waals surface area contributed by atoms with Crippen molar-refractivity contribution in [1.82, 2.24) is 5.32 Å². The fraction of sp³-hybridized carbons (Fsp3) is 0.636. The van der Waals surface area contributed by atoms with E-state index in [0.717, 1.165) is 6.54 Å². The Balaban J connectivity index is 2.35. The minimum atomic E-state index is 0.333. The molecule has 1 aliphatic heterocycles. The molecule has 1 aromatic heterocycles. The zero-order chi connectivity index (χ0) is 9.47. The van der Waals surface area contributed by atoms with Crippen molar-refractivity contribution in [3.8, 4) is 0 Å². The van der Waals surface area contributed by atoms with Gasteiger partial charge in [0.2, 0.25) is 0 Å². The molecule has 1 atom stereocenters. The van der Waals surface area contributed by atoms with Gasteiger partial charge < -0.3 is 5.32 Å². The van der Waals surface area contributed by atoms with Crippen molar-refractivity contribution in [3.63, 3.8) is 0 Å². The molecular formula is C11H17NS. The number of thiophene rings is 1. The van der Waals surface area contributed by atoms with Gasteiger partial charge in [-0.25, -0.2) is 0 Å². The first-order valence-corrected chi connectivity index (χ1v) is 5.76. The molecule has 0 fully saturated rings. The molecule has 1 unspecified atom stereocenters. The smallest absolute Gasteiger partial charge is 0.0466 e. The molecule has 72 valence electrons. The van der Waals surface area contributed by atoms with Crippen LogP contribution < -0.4 is 5.32 Å². The first-order chi connectivity index (χ1) is 6.09. The highest BCUT2D eigenvalue weighted by atomic mass is 32.1. The molecule has 1 aliphatic rings. The molecule has 0 bridgehead atoms. The molecule has 0 aromatic carbocycles. The number of fused-ring (bicyclic) bond motifs is 1. The normalized spacial score (nSPS) is 22.8. The minimum absolute atomic E-state index is 0.333. The van der Waals surface area contributed by atoms with Crippen LogP contribution in [0.25, 0.3) is 0 Å². The Labute approximate surface area is 84.2 Å². The number of rotatable bonds is 0. The lowest BCUT2D eigenvalue weighted by atomic mass is 9.83. The van der Waals surface area contributed by atoms with E-state index >= 15 is 0 Å². The lowest BCUT2D eigenvalue weighted by Crippen LogP contribution is -2.36. The second-order valence-electron chi connectivity index (χ2n) is 4.81. The second kappa shape index (κ2) is 3.10. The maximum absolute atomic E-state index is 3.61. The average Bonchev–Trinajstić information content (AvgIpc) is 2.48. The van der Waals surface area contributed by atoms with Crippen LogP contribution in [-0.2, 0) is 6.42 Å². The molecule has 0 radical (unpaired) electrons. The summed E-state index contributed by atoms with van der Waals surface area (Å²) in [6, 6.07) is 2.83. The van der Waals surface area contributed by atoms with E-state index in [4.69, 9.17) is 0 Å². The summed E-state index contributed by atoms with van der Waals surface area (Å²) in [6.07, 6.45) is 1.20. The van der Waals surface area contributed by atoms with Crippen molar-refractivity contribution in [2.45, 2.75) is 33.2 Å². The second-order valence-corrected chi connectivity index (χ2v) is 5.76. The highest BCUT2D eigenvalue weighted by Gasteiger charge is 2.30. The number of hydrogen-bond acceptors (Lipinski definition) is 2. The van der Waals surface area contributed by atoms with Crippen molar-refractivity contribution in [3.05, 3.63) is 21.9 Å². The predicted molar refractivity (Wildman–Crippen MR) is 58.2 cm³/mol. The van der Waals surface area contributed by atoms with Crippen LogP contribution in [0.2, 0.25) is 0 Å². The standard InChI is InChI=1S/C11H17NS/c1-11(2,3)10-9-8(4-6-12-10)5-7-13-9/h5,7,10,12H,4,6H2,1-3H3. The van der Waals surface area contributed by atoms with Crippen molar-refractivity contribution in [2.24, 2.45) is 5.41 Å². The van der Waals surface area contributed by atoms with Crippen LogP contribution in [-0.4, -0.2) is 6.54 Å². The maximum atomic E-state index is 3.61. The van der Waals surface area contributed by atoms with E-state index < -0.39 is 0 Å². The highest BCUT2D eigenvalue weighted by molar-refractivity contribution is 7.10. The molecule has 13 heavy (non-hydrogen) atoms. The van der Waals surface area contributed by atoms with Gasteiger partial charge >= 0.3 is 0 Å². The third kappa shape index (κ3) is 1.65. The van der Waals surface area contributed by atoms with E-state index in [-0.39, 0.29) is 0 Å². The summed E-state index contributed by atoms with van der Waals surface area (Å²) in [5.41, 5.74) is 1.89. The Kier molecular flexibility index (Phi) is 2.20. The van der Waals surface area contributed by atoms with Crippen LogP contribution >= 0.6 is 11.3 Å². The van der Waals surface area contributed by atoms with Crippen LogP contribution in [0.1, 0.15) is 37.3 Å². The van der Waals surface area contributed by atoms with Crippen LogP contribution in [0.4, 0.5) is 0 Å². The van der Waals surface area contributed by atoms with Crippen LogP contribution in [0.15, 0.2) is 11.4 Å². The summed E-state index contributed by atoms with van der Waals surface area (Å²) in [4.78, 5) is 1.55. The highest BCUT2D eigenvalue weighted by Crippen LogP contribution is 2.39. The zero-order valence-corrected chi connectivity index (χ0v) is 9.37. The minimum Gasteiger partial charge on any atom is -0.308 e. The van der Waals surface area contributed by atoms with E-state index in [2.05, 4.69) is 37.5 Å². The van der Waals surface area contributed by atoms with Gasteiger partial charge in [-0.1, -0.05) is 20.8 Å². The van der Waals surface area contributed by atoms with Crippen LogP contribution in [0, 0.1) is 5.41 Å². The first kappa shape index (κ1) is 9.22. The van der Waals surface area contributed by atoms with Crippen LogP contribution in [0.5, 0.6) is 0 Å². The molecule has 0 amide bonds. The summed E-state index contributed by atoms with van der Waals surface area (Å²) >= 11 is 1.90. The van der Waals surface area contributed by atoms with Gasteiger partial charge in [0.15, 0.2) is 0 Å². The third-order valence-corrected chi connectivity index (χ3v) is 3.68. The fourth-order valence-corrected chi connectivity index (χ4v) is 3.22. The zero-order valence-electron chi connectivity index (χ0n) is 8.55. The molecule has 0 saturated carbocycles. The molecule has 0 spiro atoms. The molecule has 2 rings (SSSR count). The van der Waals surface area contributed by atoms with Gasteiger partial charge in [0.25, 0.3) is 0 Å². The average molecular weight is 195 g/mol. The van der Waals surface area contributed by atoms with Crippen molar-refractivity contribution < 1.29 is 0 Å². The summed E-state index contributed by atoms with van der Waals surface area (Å²) in [5.74, 6) is 0. The topological polar surface area (TPSA) is 12.0 Å². The monoisotopic (exact) mass is 195 g/mol. The Morgan fingerprint density at radius 1 is 1.46 bits per heavy atom. The summed E-state index contributed by atoms with van der Waals surface area (Å²) in [6.45, 7) is 8.05. The molecule has 1 N–H and O–H groups in total. The summed E-state index contributed by atoms with van der Waals surface area (Å²) in [7, 11) is 0. The lowest BCUT2D eigenvalue weighted by Gasteiger charge is -2.34. The lowest BCUT2D eigenvalue weighted by molar-refractivity contribution is 0.268. The van der Waals surface area contributed by atoms with Gasteiger partial charge in [0, 0.05) is 10.9 Å². The first-order valence-electron chi connectivity index (χ1n) is 4.88. The molecular weight excluding hydrogens is 178 g/mol. The predicted octanol–water partition coefficient (Wildman–Crippen LogP) is 2.98. The third-order valence-electron chi connectivity index (χ3n) is 2.65. The van der Waals surface area contributed by atoms with E-state index in [1.807, 2.05) is 11.3 Å². The summed E-state index contributed by atoms with van der Waals surface area (Å²) < 4.78 is 0. The quantitative estimate of drug-likeness (QED) is 0.671.